The summed E-state index contributed by atoms with van der Waals surface area (Å²) in [5.74, 6) is -1.58. The average Bonchev–Trinajstić information content (AvgIpc) is 2.98. The zero-order valence-corrected chi connectivity index (χ0v) is 11.9. The lowest BCUT2D eigenvalue weighted by atomic mass is 10.1. The number of nitrogens with zero attached hydrogens (tertiary/aromatic N) is 1. The molecule has 3 rings (SSSR count). The Morgan fingerprint density at radius 2 is 2.09 bits per heavy atom. The summed E-state index contributed by atoms with van der Waals surface area (Å²) in [4.78, 5) is 39.5. The second kappa shape index (κ2) is 5.63. The van der Waals surface area contributed by atoms with Crippen LogP contribution >= 0.6 is 0 Å². The normalized spacial score (nSPS) is 17.8. The Bertz CT molecular complexity index is 796. The summed E-state index contributed by atoms with van der Waals surface area (Å²) in [6.45, 7) is 0.654. The molecular formula is C16H16N2O4. The molecule has 0 aliphatic carbocycles. The van der Waals surface area contributed by atoms with Gasteiger partial charge in [0.1, 0.15) is 0 Å². The van der Waals surface area contributed by atoms with Gasteiger partial charge < -0.3 is 15.0 Å². The summed E-state index contributed by atoms with van der Waals surface area (Å²) in [6, 6.07) is 9.09. The number of aliphatic carboxylic acids is 1. The molecule has 22 heavy (non-hydrogen) atoms. The number of carboxylic acid groups (broad SMARTS) is 1. The molecule has 2 aromatic rings. The number of likely N-dealkylation sites (tertiary alicyclic amines) is 1. The van der Waals surface area contributed by atoms with E-state index in [4.69, 9.17) is 5.11 Å². The van der Waals surface area contributed by atoms with E-state index in [-0.39, 0.29) is 24.4 Å². The number of carbonyl (C=O) groups excluding carboxylic acids is 1. The van der Waals surface area contributed by atoms with Crippen molar-refractivity contribution in [3.05, 3.63) is 46.2 Å². The van der Waals surface area contributed by atoms with Crippen molar-refractivity contribution < 1.29 is 14.7 Å². The fourth-order valence-corrected chi connectivity index (χ4v) is 2.79. The first-order chi connectivity index (χ1) is 10.5. The molecule has 1 fully saturated rings. The molecule has 1 saturated heterocycles. The van der Waals surface area contributed by atoms with E-state index in [2.05, 4.69) is 4.98 Å². The maximum atomic E-state index is 12.3. The molecule has 1 aromatic carbocycles. The molecule has 6 nitrogen and oxygen atoms in total. The van der Waals surface area contributed by atoms with Crippen LogP contribution in [0, 0.1) is 5.92 Å². The fourth-order valence-electron chi connectivity index (χ4n) is 2.79. The van der Waals surface area contributed by atoms with Gasteiger partial charge in [-0.2, -0.15) is 0 Å². The van der Waals surface area contributed by atoms with Crippen LogP contribution in [0.2, 0.25) is 0 Å². The predicted molar refractivity (Wildman–Crippen MR) is 80.6 cm³/mol. The largest absolute Gasteiger partial charge is 0.481 e. The van der Waals surface area contributed by atoms with E-state index in [9.17, 15) is 14.4 Å². The molecule has 0 bridgehead atoms. The second-order valence-electron chi connectivity index (χ2n) is 5.55. The van der Waals surface area contributed by atoms with E-state index in [1.165, 1.54) is 4.90 Å². The maximum absolute atomic E-state index is 12.3. The van der Waals surface area contributed by atoms with Crippen LogP contribution in [0.25, 0.3) is 10.9 Å². The Labute approximate surface area is 126 Å². The van der Waals surface area contributed by atoms with Gasteiger partial charge in [-0.3, -0.25) is 14.4 Å². The van der Waals surface area contributed by atoms with Crippen molar-refractivity contribution in [1.29, 1.82) is 0 Å². The van der Waals surface area contributed by atoms with Crippen LogP contribution < -0.4 is 5.56 Å². The number of H-pyrrole nitrogens is 1. The first-order valence-corrected chi connectivity index (χ1v) is 7.16. The van der Waals surface area contributed by atoms with Crippen LogP contribution in [-0.2, 0) is 16.0 Å². The number of pyridine rings is 1. The number of aromatic nitrogens is 1. The van der Waals surface area contributed by atoms with Crippen molar-refractivity contribution in [2.75, 3.05) is 13.1 Å². The zero-order valence-electron chi connectivity index (χ0n) is 11.9. The monoisotopic (exact) mass is 300 g/mol. The first-order valence-electron chi connectivity index (χ1n) is 7.16. The Hall–Kier alpha value is -2.63. The van der Waals surface area contributed by atoms with Crippen LogP contribution in [0.5, 0.6) is 0 Å². The number of carboxylic acids is 1. The average molecular weight is 300 g/mol. The Morgan fingerprint density at radius 3 is 2.82 bits per heavy atom. The number of amides is 1. The van der Waals surface area contributed by atoms with E-state index in [1.54, 1.807) is 12.1 Å². The van der Waals surface area contributed by atoms with Crippen molar-refractivity contribution in [2.24, 2.45) is 5.92 Å². The summed E-state index contributed by atoms with van der Waals surface area (Å²) in [5, 5.41) is 9.84. The van der Waals surface area contributed by atoms with Crippen LogP contribution in [0.15, 0.2) is 35.1 Å². The number of benzene rings is 1. The van der Waals surface area contributed by atoms with Gasteiger partial charge in [0.2, 0.25) is 5.91 Å². The van der Waals surface area contributed by atoms with Crippen molar-refractivity contribution in [3.63, 3.8) is 0 Å². The Morgan fingerprint density at radius 1 is 1.32 bits per heavy atom. The zero-order chi connectivity index (χ0) is 15.7. The molecule has 1 atom stereocenters. The SMILES string of the molecule is O=C(O)C1CCN(C(=O)Cc2cc3ccccc3[nH]c2=O)C1. The molecule has 6 heteroatoms. The number of hydrogen-bond donors (Lipinski definition) is 2. The molecule has 2 heterocycles. The molecule has 114 valence electrons. The Balaban J connectivity index is 1.78. The number of rotatable bonds is 3. The minimum atomic E-state index is -0.876. The molecule has 0 spiro atoms. The number of fused-ring (bicyclic) bond motifs is 1. The standard InChI is InChI=1S/C16H16N2O4/c19-14(18-6-5-11(9-18)16(21)22)8-12-7-10-3-1-2-4-13(10)17-15(12)20/h1-4,7,11H,5-6,8-9H2,(H,17,20)(H,21,22). The van der Waals surface area contributed by atoms with Gasteiger partial charge in [-0.15, -0.1) is 0 Å². The molecule has 2 N–H and O–H groups in total. The third-order valence-electron chi connectivity index (χ3n) is 4.06. The van der Waals surface area contributed by atoms with Crippen molar-refractivity contribution in [2.45, 2.75) is 12.8 Å². The second-order valence-corrected chi connectivity index (χ2v) is 5.55. The number of hydrogen-bond acceptors (Lipinski definition) is 3. The van der Waals surface area contributed by atoms with Crippen molar-refractivity contribution in [3.8, 4) is 0 Å². The molecule has 1 unspecified atom stereocenters. The lowest BCUT2D eigenvalue weighted by Crippen LogP contribution is -2.32. The number of aromatic amines is 1. The summed E-state index contributed by atoms with van der Waals surface area (Å²) >= 11 is 0. The van der Waals surface area contributed by atoms with Crippen LogP contribution in [0.1, 0.15) is 12.0 Å². The van der Waals surface area contributed by atoms with Crippen LogP contribution in [0.4, 0.5) is 0 Å². The highest BCUT2D eigenvalue weighted by Crippen LogP contribution is 2.18. The molecule has 0 saturated carbocycles. The first kappa shape index (κ1) is 14.3. The third-order valence-corrected chi connectivity index (χ3v) is 4.06. The highest BCUT2D eigenvalue weighted by molar-refractivity contribution is 5.83. The quantitative estimate of drug-likeness (QED) is 0.885. The van der Waals surface area contributed by atoms with Crippen LogP contribution in [-0.4, -0.2) is 40.0 Å². The van der Waals surface area contributed by atoms with Gasteiger partial charge in [-0.1, -0.05) is 18.2 Å². The van der Waals surface area contributed by atoms with E-state index >= 15 is 0 Å². The van der Waals surface area contributed by atoms with Gasteiger partial charge in [0.05, 0.1) is 12.3 Å². The molecule has 1 amide bonds. The molecule has 0 radical (unpaired) electrons. The van der Waals surface area contributed by atoms with Gasteiger partial charge in [0.25, 0.3) is 5.56 Å². The molecule has 1 aliphatic rings. The molecule has 1 aromatic heterocycles. The Kier molecular flexibility index (Phi) is 3.66. The van der Waals surface area contributed by atoms with E-state index in [0.717, 1.165) is 10.9 Å². The van der Waals surface area contributed by atoms with Crippen LogP contribution in [0.3, 0.4) is 0 Å². The summed E-state index contributed by atoms with van der Waals surface area (Å²) in [6.07, 6.45) is 0.460. The van der Waals surface area contributed by atoms with Gasteiger partial charge in [-0.05, 0) is 23.9 Å². The lowest BCUT2D eigenvalue weighted by molar-refractivity contribution is -0.141. The fraction of sp³-hybridized carbons (Fsp3) is 0.312. The van der Waals surface area contributed by atoms with E-state index < -0.39 is 11.9 Å². The summed E-state index contributed by atoms with van der Waals surface area (Å²) in [5.41, 5.74) is 0.860. The van der Waals surface area contributed by atoms with Crippen molar-refractivity contribution >= 4 is 22.8 Å². The maximum Gasteiger partial charge on any atom is 0.308 e. The van der Waals surface area contributed by atoms with Gasteiger partial charge in [0, 0.05) is 24.2 Å². The number of carbonyl (C=O) groups is 2. The van der Waals surface area contributed by atoms with Crippen molar-refractivity contribution in [1.82, 2.24) is 9.88 Å². The topological polar surface area (TPSA) is 90.5 Å². The molecular weight excluding hydrogens is 284 g/mol. The third kappa shape index (κ3) is 2.72. The van der Waals surface area contributed by atoms with E-state index in [1.807, 2.05) is 18.2 Å². The minimum Gasteiger partial charge on any atom is -0.481 e. The highest BCUT2D eigenvalue weighted by Gasteiger charge is 2.30. The van der Waals surface area contributed by atoms with Gasteiger partial charge in [-0.25, -0.2) is 0 Å². The summed E-state index contributed by atoms with van der Waals surface area (Å²) in [7, 11) is 0. The van der Waals surface area contributed by atoms with Gasteiger partial charge >= 0.3 is 5.97 Å². The molecule has 1 aliphatic heterocycles. The van der Waals surface area contributed by atoms with E-state index in [0.29, 0.717) is 18.5 Å². The smallest absolute Gasteiger partial charge is 0.308 e. The minimum absolute atomic E-state index is 0.00743. The number of nitrogens with one attached hydrogen (secondary N) is 1. The predicted octanol–water partition coefficient (Wildman–Crippen LogP) is 1.00. The van der Waals surface area contributed by atoms with Gasteiger partial charge in [0.15, 0.2) is 0 Å². The highest BCUT2D eigenvalue weighted by atomic mass is 16.4. The summed E-state index contributed by atoms with van der Waals surface area (Å²) < 4.78 is 0. The lowest BCUT2D eigenvalue weighted by Gasteiger charge is -2.15. The number of para-hydroxylation sites is 1.